The van der Waals surface area contributed by atoms with Gasteiger partial charge in [0.05, 0.1) is 19.4 Å². The quantitative estimate of drug-likeness (QED) is 0.758. The number of amides is 1. The van der Waals surface area contributed by atoms with Crippen molar-refractivity contribution in [1.82, 2.24) is 4.90 Å². The summed E-state index contributed by atoms with van der Waals surface area (Å²) < 4.78 is 4.81. The summed E-state index contributed by atoms with van der Waals surface area (Å²) in [6.45, 7) is 2.41. The van der Waals surface area contributed by atoms with Crippen molar-refractivity contribution in [2.24, 2.45) is 0 Å². The summed E-state index contributed by atoms with van der Waals surface area (Å²) in [5.41, 5.74) is 0.712. The normalized spacial score (nSPS) is 10.2. The first-order valence-electron chi connectivity index (χ1n) is 6.27. The van der Waals surface area contributed by atoms with E-state index in [1.165, 1.54) is 4.90 Å². The van der Waals surface area contributed by atoms with E-state index in [9.17, 15) is 9.59 Å². The fraction of sp³-hybridized carbons (Fsp3) is 0.429. The van der Waals surface area contributed by atoms with Crippen molar-refractivity contribution < 1.29 is 14.3 Å². The molecule has 20 heavy (non-hydrogen) atoms. The summed E-state index contributed by atoms with van der Waals surface area (Å²) in [4.78, 5) is 24.7. The molecule has 0 heterocycles. The number of carbonyl (C=O) groups is 2. The second kappa shape index (κ2) is 8.12. The molecule has 0 fully saturated rings. The Morgan fingerprint density at radius 3 is 2.60 bits per heavy atom. The zero-order valence-corrected chi connectivity index (χ0v) is 13.0. The molecule has 4 nitrogen and oxygen atoms in total. The fourth-order valence-corrected chi connectivity index (χ4v) is 2.06. The first-order chi connectivity index (χ1) is 9.43. The predicted octanol–water partition coefficient (Wildman–Crippen LogP) is 2.95. The van der Waals surface area contributed by atoms with Gasteiger partial charge in [-0.1, -0.05) is 29.3 Å². The van der Waals surface area contributed by atoms with Crippen LogP contribution in [0.4, 0.5) is 0 Å². The molecule has 0 aliphatic heterocycles. The van der Waals surface area contributed by atoms with Gasteiger partial charge in [-0.05, 0) is 24.6 Å². The molecular weight excluding hydrogens is 301 g/mol. The van der Waals surface area contributed by atoms with Gasteiger partial charge in [0.15, 0.2) is 0 Å². The maximum atomic E-state index is 12.0. The largest absolute Gasteiger partial charge is 0.466 e. The van der Waals surface area contributed by atoms with Crippen molar-refractivity contribution in [3.8, 4) is 0 Å². The Hall–Kier alpha value is -1.26. The number of likely N-dealkylation sites (N-methyl/N-ethyl adjacent to an activating group) is 1. The lowest BCUT2D eigenvalue weighted by molar-refractivity contribution is -0.143. The number of benzene rings is 1. The van der Waals surface area contributed by atoms with Gasteiger partial charge in [-0.15, -0.1) is 0 Å². The number of nitrogens with zero attached hydrogens (tertiary/aromatic N) is 1. The van der Waals surface area contributed by atoms with Gasteiger partial charge in [-0.2, -0.15) is 0 Å². The number of carbonyl (C=O) groups excluding carboxylic acids is 2. The third kappa shape index (κ3) is 5.39. The second-order valence-electron chi connectivity index (χ2n) is 4.28. The van der Waals surface area contributed by atoms with Gasteiger partial charge in [-0.25, -0.2) is 0 Å². The molecule has 0 aliphatic carbocycles. The van der Waals surface area contributed by atoms with Gasteiger partial charge in [0.25, 0.3) is 0 Å². The molecule has 0 saturated carbocycles. The van der Waals surface area contributed by atoms with Gasteiger partial charge in [0.1, 0.15) is 0 Å². The minimum absolute atomic E-state index is 0.112. The van der Waals surface area contributed by atoms with Crippen molar-refractivity contribution >= 4 is 35.1 Å². The molecular formula is C14H17Cl2NO3. The number of rotatable bonds is 6. The summed E-state index contributed by atoms with van der Waals surface area (Å²) in [6, 6.07) is 5.01. The molecule has 0 saturated heterocycles. The van der Waals surface area contributed by atoms with E-state index >= 15 is 0 Å². The van der Waals surface area contributed by atoms with Crippen LogP contribution in [0, 0.1) is 0 Å². The van der Waals surface area contributed by atoms with E-state index in [1.807, 2.05) is 0 Å². The van der Waals surface area contributed by atoms with E-state index in [0.29, 0.717) is 28.8 Å². The Morgan fingerprint density at radius 2 is 2.00 bits per heavy atom. The summed E-state index contributed by atoms with van der Waals surface area (Å²) in [7, 11) is 1.64. The van der Waals surface area contributed by atoms with Gasteiger partial charge in [0, 0.05) is 23.6 Å². The van der Waals surface area contributed by atoms with Crippen LogP contribution in [0.2, 0.25) is 10.0 Å². The summed E-state index contributed by atoms with van der Waals surface area (Å²) in [5.74, 6) is -0.421. The molecule has 0 N–H and O–H groups in total. The Kier molecular flexibility index (Phi) is 6.82. The highest BCUT2D eigenvalue weighted by molar-refractivity contribution is 6.35. The van der Waals surface area contributed by atoms with Crippen LogP contribution in [0.1, 0.15) is 18.9 Å². The smallest absolute Gasteiger partial charge is 0.307 e. The van der Waals surface area contributed by atoms with Crippen LogP contribution in [0.15, 0.2) is 18.2 Å². The molecule has 1 amide bonds. The number of halogens is 2. The van der Waals surface area contributed by atoms with Crippen LogP contribution in [-0.2, 0) is 20.7 Å². The Labute approximate surface area is 128 Å². The summed E-state index contributed by atoms with van der Waals surface area (Å²) in [5, 5.41) is 0.992. The van der Waals surface area contributed by atoms with Gasteiger partial charge < -0.3 is 9.64 Å². The molecule has 0 radical (unpaired) electrons. The first-order valence-corrected chi connectivity index (χ1v) is 7.03. The fourth-order valence-electron chi connectivity index (χ4n) is 1.58. The molecule has 6 heteroatoms. The van der Waals surface area contributed by atoms with Crippen molar-refractivity contribution in [1.29, 1.82) is 0 Å². The Balaban J connectivity index is 2.51. The molecule has 0 aliphatic rings. The minimum Gasteiger partial charge on any atom is -0.466 e. The Bertz CT molecular complexity index is 491. The van der Waals surface area contributed by atoms with E-state index in [1.54, 1.807) is 32.2 Å². The SMILES string of the molecule is CCOC(=O)CCN(C)C(=O)Cc1ccc(Cl)cc1Cl. The third-order valence-electron chi connectivity index (χ3n) is 2.74. The first kappa shape index (κ1) is 16.8. The van der Waals surface area contributed by atoms with Crippen LogP contribution in [0.5, 0.6) is 0 Å². The van der Waals surface area contributed by atoms with Gasteiger partial charge in [0.2, 0.25) is 5.91 Å². The zero-order valence-electron chi connectivity index (χ0n) is 11.5. The highest BCUT2D eigenvalue weighted by Gasteiger charge is 2.13. The minimum atomic E-state index is -0.309. The van der Waals surface area contributed by atoms with E-state index in [-0.39, 0.29) is 24.7 Å². The summed E-state index contributed by atoms with van der Waals surface area (Å²) in [6.07, 6.45) is 0.361. The van der Waals surface area contributed by atoms with Gasteiger partial charge >= 0.3 is 5.97 Å². The van der Waals surface area contributed by atoms with Crippen molar-refractivity contribution in [2.75, 3.05) is 20.2 Å². The molecule has 110 valence electrons. The van der Waals surface area contributed by atoms with Crippen LogP contribution in [-0.4, -0.2) is 37.0 Å². The zero-order chi connectivity index (χ0) is 15.1. The molecule has 0 atom stereocenters. The topological polar surface area (TPSA) is 46.6 Å². The number of hydrogen-bond acceptors (Lipinski definition) is 3. The van der Waals surface area contributed by atoms with Crippen molar-refractivity contribution in [3.05, 3.63) is 33.8 Å². The summed E-state index contributed by atoms with van der Waals surface area (Å²) >= 11 is 11.8. The van der Waals surface area contributed by atoms with Gasteiger partial charge in [-0.3, -0.25) is 9.59 Å². The lowest BCUT2D eigenvalue weighted by Gasteiger charge is -2.17. The third-order valence-corrected chi connectivity index (χ3v) is 3.33. The highest BCUT2D eigenvalue weighted by Crippen LogP contribution is 2.21. The van der Waals surface area contributed by atoms with E-state index < -0.39 is 0 Å². The maximum Gasteiger partial charge on any atom is 0.307 e. The molecule has 0 bridgehead atoms. The molecule has 0 spiro atoms. The van der Waals surface area contributed by atoms with Crippen LogP contribution < -0.4 is 0 Å². The Morgan fingerprint density at radius 1 is 1.30 bits per heavy atom. The van der Waals surface area contributed by atoms with Crippen LogP contribution in [0.3, 0.4) is 0 Å². The van der Waals surface area contributed by atoms with E-state index in [0.717, 1.165) is 0 Å². The number of hydrogen-bond donors (Lipinski definition) is 0. The standard InChI is InChI=1S/C14H17Cl2NO3/c1-3-20-14(19)6-7-17(2)13(18)8-10-4-5-11(15)9-12(10)16/h4-5,9H,3,6-8H2,1-2H3. The highest BCUT2D eigenvalue weighted by atomic mass is 35.5. The molecule has 0 unspecified atom stereocenters. The molecule has 1 aromatic rings. The maximum absolute atomic E-state index is 12.0. The second-order valence-corrected chi connectivity index (χ2v) is 5.13. The van der Waals surface area contributed by atoms with Crippen LogP contribution in [0.25, 0.3) is 0 Å². The average Bonchev–Trinajstić information content (AvgIpc) is 2.39. The molecule has 0 aromatic heterocycles. The lowest BCUT2D eigenvalue weighted by Crippen LogP contribution is -2.30. The van der Waals surface area contributed by atoms with E-state index in [4.69, 9.17) is 27.9 Å². The monoisotopic (exact) mass is 317 g/mol. The van der Waals surface area contributed by atoms with Crippen molar-refractivity contribution in [3.63, 3.8) is 0 Å². The van der Waals surface area contributed by atoms with E-state index in [2.05, 4.69) is 0 Å². The molecule has 1 aromatic carbocycles. The molecule has 1 rings (SSSR count). The number of esters is 1. The van der Waals surface area contributed by atoms with Crippen LogP contribution >= 0.6 is 23.2 Å². The lowest BCUT2D eigenvalue weighted by atomic mass is 10.1. The average molecular weight is 318 g/mol. The number of ether oxygens (including phenoxy) is 1. The predicted molar refractivity (Wildman–Crippen MR) is 79.1 cm³/mol. The van der Waals surface area contributed by atoms with Crippen molar-refractivity contribution in [2.45, 2.75) is 19.8 Å².